The second kappa shape index (κ2) is 5.98. The van der Waals surface area contributed by atoms with E-state index < -0.39 is 0 Å². The molecule has 0 spiro atoms. The van der Waals surface area contributed by atoms with Crippen molar-refractivity contribution >= 4 is 23.4 Å². The van der Waals surface area contributed by atoms with Crippen molar-refractivity contribution < 1.29 is 4.79 Å². The molecule has 128 valence electrons. The molecule has 7 heteroatoms. The van der Waals surface area contributed by atoms with Crippen LogP contribution in [-0.4, -0.2) is 31.4 Å². The average Bonchev–Trinajstić information content (AvgIpc) is 3.33. The highest BCUT2D eigenvalue weighted by molar-refractivity contribution is 8.00. The Morgan fingerprint density at radius 3 is 2.96 bits per heavy atom. The first kappa shape index (κ1) is 15.1. The maximum atomic E-state index is 12.6. The van der Waals surface area contributed by atoms with E-state index in [4.69, 9.17) is 0 Å². The summed E-state index contributed by atoms with van der Waals surface area (Å²) in [6, 6.07) is 8.34. The molecule has 1 fully saturated rings. The maximum Gasteiger partial charge on any atom is 0.237 e. The van der Waals surface area contributed by atoms with Crippen LogP contribution in [0.1, 0.15) is 30.9 Å². The van der Waals surface area contributed by atoms with Crippen LogP contribution >= 0.6 is 11.8 Å². The van der Waals surface area contributed by atoms with E-state index in [0.717, 1.165) is 30.1 Å². The van der Waals surface area contributed by atoms with Gasteiger partial charge in [0.25, 0.3) is 0 Å². The fourth-order valence-corrected chi connectivity index (χ4v) is 5.25. The van der Waals surface area contributed by atoms with E-state index in [2.05, 4.69) is 39.1 Å². The number of aromatic nitrogens is 4. The molecular formula is C18H19N5OS. The lowest BCUT2D eigenvalue weighted by atomic mass is 10.0. The SMILES string of the molecule is O=C1Nc2ccccc2CC[C@@H]1Sc1nnnn1[C@@H]1C[C@@H]2C=C[C@H]1C2. The molecule has 4 atom stereocenters. The third kappa shape index (κ3) is 2.66. The molecule has 1 saturated carbocycles. The van der Waals surface area contributed by atoms with Crippen molar-refractivity contribution in [1.29, 1.82) is 0 Å². The number of fused-ring (bicyclic) bond motifs is 3. The van der Waals surface area contributed by atoms with E-state index >= 15 is 0 Å². The van der Waals surface area contributed by atoms with Crippen LogP contribution in [0.25, 0.3) is 0 Å². The van der Waals surface area contributed by atoms with Crippen LogP contribution < -0.4 is 5.32 Å². The Kier molecular flexibility index (Phi) is 3.62. The van der Waals surface area contributed by atoms with Crippen molar-refractivity contribution in [3.63, 3.8) is 0 Å². The number of aryl methyl sites for hydroxylation is 1. The average molecular weight is 353 g/mol. The van der Waals surface area contributed by atoms with Gasteiger partial charge >= 0.3 is 0 Å². The number of amides is 1. The maximum absolute atomic E-state index is 12.6. The third-order valence-corrected chi connectivity index (χ3v) is 6.73. The summed E-state index contributed by atoms with van der Waals surface area (Å²) in [6.45, 7) is 0. The molecule has 1 aromatic heterocycles. The van der Waals surface area contributed by atoms with Crippen LogP contribution in [-0.2, 0) is 11.2 Å². The summed E-state index contributed by atoms with van der Waals surface area (Å²) in [5, 5.41) is 16.0. The Hall–Kier alpha value is -2.15. The molecular weight excluding hydrogens is 334 g/mol. The predicted octanol–water partition coefficient (Wildman–Crippen LogP) is 2.86. The Balaban J connectivity index is 1.36. The van der Waals surface area contributed by atoms with Gasteiger partial charge in [0.2, 0.25) is 11.1 Å². The zero-order valence-corrected chi connectivity index (χ0v) is 14.5. The number of hydrogen-bond donors (Lipinski definition) is 1. The van der Waals surface area contributed by atoms with E-state index in [1.807, 2.05) is 22.9 Å². The van der Waals surface area contributed by atoms with Gasteiger partial charge in [0.15, 0.2) is 0 Å². The number of nitrogens with one attached hydrogen (secondary N) is 1. The molecule has 1 aromatic carbocycles. The molecule has 1 aliphatic heterocycles. The molecule has 2 aromatic rings. The number of carbonyl (C=O) groups excluding carboxylic acids is 1. The van der Waals surface area contributed by atoms with Crippen LogP contribution in [0.5, 0.6) is 0 Å². The van der Waals surface area contributed by atoms with Crippen molar-refractivity contribution in [1.82, 2.24) is 20.2 Å². The molecule has 2 aliphatic carbocycles. The number of anilines is 1. The van der Waals surface area contributed by atoms with Gasteiger partial charge in [-0.2, -0.15) is 0 Å². The Bertz CT molecular complexity index is 847. The van der Waals surface area contributed by atoms with Crippen molar-refractivity contribution in [3.05, 3.63) is 42.0 Å². The zero-order chi connectivity index (χ0) is 16.8. The van der Waals surface area contributed by atoms with Gasteiger partial charge in [-0.25, -0.2) is 4.68 Å². The lowest BCUT2D eigenvalue weighted by molar-refractivity contribution is -0.115. The Morgan fingerprint density at radius 2 is 2.12 bits per heavy atom. The van der Waals surface area contributed by atoms with E-state index in [0.29, 0.717) is 17.9 Å². The second-order valence-corrected chi connectivity index (χ2v) is 8.22. The highest BCUT2D eigenvalue weighted by Crippen LogP contribution is 2.47. The van der Waals surface area contributed by atoms with Gasteiger partial charge in [-0.3, -0.25) is 4.79 Å². The molecule has 6 nitrogen and oxygen atoms in total. The highest BCUT2D eigenvalue weighted by atomic mass is 32.2. The van der Waals surface area contributed by atoms with Gasteiger partial charge in [-0.05, 0) is 59.6 Å². The summed E-state index contributed by atoms with van der Waals surface area (Å²) in [7, 11) is 0. The number of thioether (sulfide) groups is 1. The van der Waals surface area contributed by atoms with Gasteiger partial charge in [0.05, 0.1) is 11.3 Å². The summed E-state index contributed by atoms with van der Waals surface area (Å²) in [6.07, 6.45) is 8.58. The molecule has 1 amide bonds. The van der Waals surface area contributed by atoms with Crippen molar-refractivity contribution in [3.8, 4) is 0 Å². The molecule has 0 saturated heterocycles. The quantitative estimate of drug-likeness (QED) is 0.859. The molecule has 2 heterocycles. The Morgan fingerprint density at radius 1 is 1.20 bits per heavy atom. The first-order valence-electron chi connectivity index (χ1n) is 8.79. The molecule has 1 N–H and O–H groups in total. The van der Waals surface area contributed by atoms with E-state index in [-0.39, 0.29) is 11.2 Å². The Labute approximate surface area is 150 Å². The number of rotatable bonds is 3. The number of tetrazole rings is 1. The topological polar surface area (TPSA) is 72.7 Å². The van der Waals surface area contributed by atoms with Crippen LogP contribution in [0.2, 0.25) is 0 Å². The monoisotopic (exact) mass is 353 g/mol. The van der Waals surface area contributed by atoms with E-state index in [1.54, 1.807) is 0 Å². The van der Waals surface area contributed by atoms with Crippen molar-refractivity contribution in [2.75, 3.05) is 5.32 Å². The van der Waals surface area contributed by atoms with Gasteiger partial charge in [-0.15, -0.1) is 5.10 Å². The van der Waals surface area contributed by atoms with Gasteiger partial charge in [0.1, 0.15) is 0 Å². The zero-order valence-electron chi connectivity index (χ0n) is 13.7. The van der Waals surface area contributed by atoms with Gasteiger partial charge in [-0.1, -0.05) is 42.1 Å². The lowest BCUT2D eigenvalue weighted by Crippen LogP contribution is -2.25. The van der Waals surface area contributed by atoms with E-state index in [1.165, 1.54) is 23.7 Å². The molecule has 2 bridgehead atoms. The summed E-state index contributed by atoms with van der Waals surface area (Å²) in [5.41, 5.74) is 2.12. The number of allylic oxidation sites excluding steroid dienone is 2. The largest absolute Gasteiger partial charge is 0.325 e. The minimum Gasteiger partial charge on any atom is -0.325 e. The standard InChI is InChI=1S/C18H19N5OS/c24-17-16(8-7-12-3-1-2-4-14(12)19-17)25-18-20-21-22-23(18)15-10-11-5-6-13(15)9-11/h1-6,11,13,15-16H,7-10H2,(H,19,24)/t11-,13+,15-,16+/m1/s1. The highest BCUT2D eigenvalue weighted by Gasteiger charge is 2.39. The minimum absolute atomic E-state index is 0.0392. The second-order valence-electron chi connectivity index (χ2n) is 7.05. The number of para-hydroxylation sites is 1. The number of carbonyl (C=O) groups is 1. The van der Waals surface area contributed by atoms with Crippen LogP contribution in [0.4, 0.5) is 5.69 Å². The number of benzene rings is 1. The normalized spacial score (nSPS) is 30.2. The van der Waals surface area contributed by atoms with Gasteiger partial charge < -0.3 is 5.32 Å². The van der Waals surface area contributed by atoms with Crippen molar-refractivity contribution in [2.45, 2.75) is 42.1 Å². The summed E-state index contributed by atoms with van der Waals surface area (Å²) < 4.78 is 1.95. The molecule has 5 rings (SSSR count). The molecule has 25 heavy (non-hydrogen) atoms. The summed E-state index contributed by atoms with van der Waals surface area (Å²) in [5.74, 6) is 1.23. The van der Waals surface area contributed by atoms with Crippen LogP contribution in [0.15, 0.2) is 41.6 Å². The fourth-order valence-electron chi connectivity index (χ4n) is 4.23. The third-order valence-electron chi connectivity index (χ3n) is 5.51. The molecule has 0 radical (unpaired) electrons. The summed E-state index contributed by atoms with van der Waals surface area (Å²) in [4.78, 5) is 12.6. The smallest absolute Gasteiger partial charge is 0.237 e. The first-order chi connectivity index (χ1) is 12.3. The molecule has 0 unspecified atom stereocenters. The first-order valence-corrected chi connectivity index (χ1v) is 9.67. The van der Waals surface area contributed by atoms with Gasteiger partial charge in [0, 0.05) is 5.69 Å². The lowest BCUT2D eigenvalue weighted by Gasteiger charge is -2.20. The van der Waals surface area contributed by atoms with E-state index in [9.17, 15) is 4.79 Å². The van der Waals surface area contributed by atoms with Crippen LogP contribution in [0.3, 0.4) is 0 Å². The van der Waals surface area contributed by atoms with Crippen molar-refractivity contribution in [2.24, 2.45) is 11.8 Å². The number of hydrogen-bond acceptors (Lipinski definition) is 5. The predicted molar refractivity (Wildman–Crippen MR) is 95.2 cm³/mol. The summed E-state index contributed by atoms with van der Waals surface area (Å²) >= 11 is 1.49. The number of nitrogens with zero attached hydrogens (tertiary/aromatic N) is 4. The molecule has 3 aliphatic rings. The minimum atomic E-state index is -0.175. The van der Waals surface area contributed by atoms with Crippen LogP contribution in [0, 0.1) is 11.8 Å². The fraction of sp³-hybridized carbons (Fsp3) is 0.444.